The SMILES string of the molecule is O=C1OCC2CC3CC(C2)C1C3. The molecule has 0 spiro atoms. The largest absolute Gasteiger partial charge is 0.465 e. The quantitative estimate of drug-likeness (QED) is 0.511. The second-order valence-corrected chi connectivity index (χ2v) is 4.67. The van der Waals surface area contributed by atoms with Crippen LogP contribution in [-0.2, 0) is 9.53 Å². The average molecular weight is 166 g/mol. The van der Waals surface area contributed by atoms with Crippen LogP contribution in [0.15, 0.2) is 0 Å². The van der Waals surface area contributed by atoms with Crippen molar-refractivity contribution >= 4 is 5.97 Å². The third kappa shape index (κ3) is 0.838. The van der Waals surface area contributed by atoms with Crippen LogP contribution in [0, 0.1) is 23.7 Å². The summed E-state index contributed by atoms with van der Waals surface area (Å²) in [5.41, 5.74) is 0. The molecule has 2 saturated carbocycles. The van der Waals surface area contributed by atoms with E-state index in [-0.39, 0.29) is 11.9 Å². The van der Waals surface area contributed by atoms with Crippen LogP contribution in [0.25, 0.3) is 0 Å². The van der Waals surface area contributed by atoms with Gasteiger partial charge in [-0.1, -0.05) is 0 Å². The molecule has 0 aromatic heterocycles. The van der Waals surface area contributed by atoms with Gasteiger partial charge in [0.2, 0.25) is 0 Å². The second-order valence-electron chi connectivity index (χ2n) is 4.67. The van der Waals surface area contributed by atoms with E-state index in [1.807, 2.05) is 0 Å². The monoisotopic (exact) mass is 166 g/mol. The highest BCUT2D eigenvalue weighted by Crippen LogP contribution is 2.50. The first-order valence-electron chi connectivity index (χ1n) is 4.99. The first kappa shape index (κ1) is 6.93. The van der Waals surface area contributed by atoms with Crippen LogP contribution in [-0.4, -0.2) is 12.6 Å². The maximum atomic E-state index is 11.4. The number of hydrogen-bond acceptors (Lipinski definition) is 2. The molecule has 2 nitrogen and oxygen atoms in total. The molecule has 1 heterocycles. The third-order valence-electron chi connectivity index (χ3n) is 3.86. The highest BCUT2D eigenvalue weighted by Gasteiger charge is 2.47. The molecular weight excluding hydrogens is 152 g/mol. The maximum absolute atomic E-state index is 11.4. The standard InChI is InChI=1S/C10H14O2/c11-10-9-4-6-1-7(5-12-10)3-8(9)2-6/h6-9H,1-5H2. The normalized spacial score (nSPS) is 50.5. The van der Waals surface area contributed by atoms with E-state index >= 15 is 0 Å². The molecule has 0 radical (unpaired) electrons. The highest BCUT2D eigenvalue weighted by atomic mass is 16.5. The number of carbonyl (C=O) groups is 1. The summed E-state index contributed by atoms with van der Waals surface area (Å²) in [6, 6.07) is 0. The van der Waals surface area contributed by atoms with Gasteiger partial charge >= 0.3 is 5.97 Å². The molecule has 0 aromatic rings. The topological polar surface area (TPSA) is 26.3 Å². The van der Waals surface area contributed by atoms with Gasteiger partial charge in [0.05, 0.1) is 12.5 Å². The summed E-state index contributed by atoms with van der Waals surface area (Å²) < 4.78 is 5.23. The van der Waals surface area contributed by atoms with Gasteiger partial charge < -0.3 is 4.74 Å². The minimum atomic E-state index is 0.102. The van der Waals surface area contributed by atoms with E-state index in [0.29, 0.717) is 18.4 Å². The van der Waals surface area contributed by atoms with Crippen LogP contribution in [0.3, 0.4) is 0 Å². The minimum Gasteiger partial charge on any atom is -0.465 e. The van der Waals surface area contributed by atoms with Gasteiger partial charge in [0.15, 0.2) is 0 Å². The lowest BCUT2D eigenvalue weighted by Crippen LogP contribution is -2.19. The zero-order valence-electron chi connectivity index (χ0n) is 7.16. The van der Waals surface area contributed by atoms with Crippen molar-refractivity contribution in [2.75, 3.05) is 6.61 Å². The smallest absolute Gasteiger partial charge is 0.309 e. The average Bonchev–Trinajstić information content (AvgIpc) is 2.32. The molecule has 4 unspecified atom stereocenters. The van der Waals surface area contributed by atoms with Crippen LogP contribution in [0.2, 0.25) is 0 Å². The molecule has 3 fully saturated rings. The lowest BCUT2D eigenvalue weighted by atomic mass is 9.81. The number of rotatable bonds is 0. The Hall–Kier alpha value is -0.530. The lowest BCUT2D eigenvalue weighted by Gasteiger charge is -2.25. The summed E-state index contributed by atoms with van der Waals surface area (Å²) in [5, 5.41) is 0. The number of hydrogen-bond donors (Lipinski definition) is 0. The van der Waals surface area contributed by atoms with Gasteiger partial charge in [0.1, 0.15) is 0 Å². The van der Waals surface area contributed by atoms with Crippen molar-refractivity contribution in [3.05, 3.63) is 0 Å². The zero-order valence-corrected chi connectivity index (χ0v) is 7.16. The molecule has 2 aliphatic carbocycles. The van der Waals surface area contributed by atoms with Gasteiger partial charge in [-0.3, -0.25) is 4.79 Å². The molecule has 0 N–H and O–H groups in total. The Bertz CT molecular complexity index is 224. The third-order valence-corrected chi connectivity index (χ3v) is 3.86. The molecule has 1 aliphatic heterocycles. The van der Waals surface area contributed by atoms with E-state index in [1.54, 1.807) is 0 Å². The van der Waals surface area contributed by atoms with Crippen molar-refractivity contribution < 1.29 is 9.53 Å². The highest BCUT2D eigenvalue weighted by molar-refractivity contribution is 5.73. The van der Waals surface area contributed by atoms with Crippen molar-refractivity contribution in [1.82, 2.24) is 0 Å². The number of carbonyl (C=O) groups excluding carboxylic acids is 1. The van der Waals surface area contributed by atoms with E-state index < -0.39 is 0 Å². The molecule has 3 bridgehead atoms. The summed E-state index contributed by atoms with van der Waals surface area (Å²) in [4.78, 5) is 11.4. The maximum Gasteiger partial charge on any atom is 0.309 e. The fourth-order valence-corrected chi connectivity index (χ4v) is 3.42. The van der Waals surface area contributed by atoms with Gasteiger partial charge in [0, 0.05) is 0 Å². The molecule has 1 saturated heterocycles. The number of ether oxygens (including phenoxy) is 1. The summed E-state index contributed by atoms with van der Waals surface area (Å²) in [5.74, 6) is 2.62. The van der Waals surface area contributed by atoms with E-state index in [0.717, 1.165) is 12.3 Å². The first-order valence-corrected chi connectivity index (χ1v) is 4.99. The van der Waals surface area contributed by atoms with Crippen molar-refractivity contribution in [3.8, 4) is 0 Å². The number of fused-ring (bicyclic) bond motifs is 2. The molecule has 3 aliphatic rings. The van der Waals surface area contributed by atoms with E-state index in [9.17, 15) is 4.79 Å². The molecule has 2 heteroatoms. The Balaban J connectivity index is 1.95. The van der Waals surface area contributed by atoms with Crippen molar-refractivity contribution in [1.29, 1.82) is 0 Å². The van der Waals surface area contributed by atoms with Gasteiger partial charge in [-0.05, 0) is 43.4 Å². The van der Waals surface area contributed by atoms with Crippen LogP contribution >= 0.6 is 0 Å². The molecular formula is C10H14O2. The number of esters is 1. The van der Waals surface area contributed by atoms with Crippen LogP contribution in [0.5, 0.6) is 0 Å². The lowest BCUT2D eigenvalue weighted by molar-refractivity contribution is -0.149. The molecule has 0 aromatic carbocycles. The van der Waals surface area contributed by atoms with E-state index in [1.165, 1.54) is 19.3 Å². The Labute approximate surface area is 72.3 Å². The molecule has 3 rings (SSSR count). The Morgan fingerprint density at radius 3 is 2.83 bits per heavy atom. The van der Waals surface area contributed by atoms with Gasteiger partial charge in [-0.25, -0.2) is 0 Å². The molecule has 4 atom stereocenters. The summed E-state index contributed by atoms with van der Waals surface area (Å²) >= 11 is 0. The minimum absolute atomic E-state index is 0.102. The van der Waals surface area contributed by atoms with Crippen molar-refractivity contribution in [2.24, 2.45) is 23.7 Å². The predicted molar refractivity (Wildman–Crippen MR) is 43.4 cm³/mol. The Morgan fingerprint density at radius 1 is 1.08 bits per heavy atom. The molecule has 0 amide bonds. The van der Waals surface area contributed by atoms with Crippen molar-refractivity contribution in [2.45, 2.75) is 25.7 Å². The molecule has 66 valence electrons. The number of cyclic esters (lactones) is 1. The van der Waals surface area contributed by atoms with Gasteiger partial charge in [0.25, 0.3) is 0 Å². The van der Waals surface area contributed by atoms with Gasteiger partial charge in [-0.15, -0.1) is 0 Å². The van der Waals surface area contributed by atoms with Crippen LogP contribution in [0.1, 0.15) is 25.7 Å². The van der Waals surface area contributed by atoms with Crippen molar-refractivity contribution in [3.63, 3.8) is 0 Å². The van der Waals surface area contributed by atoms with E-state index in [2.05, 4.69) is 0 Å². The first-order chi connectivity index (χ1) is 5.83. The zero-order chi connectivity index (χ0) is 8.13. The predicted octanol–water partition coefficient (Wildman–Crippen LogP) is 1.60. The summed E-state index contributed by atoms with van der Waals surface area (Å²) in [6.45, 7) is 0.711. The summed E-state index contributed by atoms with van der Waals surface area (Å²) in [7, 11) is 0. The Morgan fingerprint density at radius 2 is 1.92 bits per heavy atom. The van der Waals surface area contributed by atoms with Gasteiger partial charge in [-0.2, -0.15) is 0 Å². The second kappa shape index (κ2) is 2.24. The fourth-order valence-electron chi connectivity index (χ4n) is 3.42. The fraction of sp³-hybridized carbons (Fsp3) is 0.900. The van der Waals surface area contributed by atoms with E-state index in [4.69, 9.17) is 4.74 Å². The molecule has 12 heavy (non-hydrogen) atoms. The summed E-state index contributed by atoms with van der Waals surface area (Å²) in [6.07, 6.45) is 5.00. The van der Waals surface area contributed by atoms with Crippen LogP contribution in [0.4, 0.5) is 0 Å². The van der Waals surface area contributed by atoms with Crippen LogP contribution < -0.4 is 0 Å². The Kier molecular flexibility index (Phi) is 1.29.